The molecular weight excluding hydrogens is 438 g/mol. The Kier molecular flexibility index (Phi) is 6.33. The second-order valence-corrected chi connectivity index (χ2v) is 9.72. The Morgan fingerprint density at radius 1 is 0.886 bits per heavy atom. The van der Waals surface area contributed by atoms with Crippen LogP contribution in [0.15, 0.2) is 72.8 Å². The first-order valence-corrected chi connectivity index (χ1v) is 12.4. The van der Waals surface area contributed by atoms with E-state index in [0.29, 0.717) is 32.4 Å². The molecule has 0 saturated carbocycles. The van der Waals surface area contributed by atoms with Gasteiger partial charge in [-0.25, -0.2) is 4.79 Å². The maximum Gasteiger partial charge on any atom is 0.409 e. The first kappa shape index (κ1) is 23.2. The van der Waals surface area contributed by atoms with Crippen molar-refractivity contribution in [3.63, 3.8) is 0 Å². The molecule has 3 aromatic carbocycles. The minimum atomic E-state index is -0.853. The van der Waals surface area contributed by atoms with Gasteiger partial charge in [-0.2, -0.15) is 0 Å². The molecule has 5 heteroatoms. The van der Waals surface area contributed by atoms with Crippen LogP contribution in [0.1, 0.15) is 47.9 Å². The lowest BCUT2D eigenvalue weighted by atomic mass is 9.74. The van der Waals surface area contributed by atoms with E-state index in [4.69, 9.17) is 4.74 Å². The van der Waals surface area contributed by atoms with Crippen LogP contribution in [0.3, 0.4) is 0 Å². The summed E-state index contributed by atoms with van der Waals surface area (Å²) in [7, 11) is 0. The molecule has 35 heavy (non-hydrogen) atoms. The lowest BCUT2D eigenvalue weighted by Crippen LogP contribution is -2.47. The number of piperidine rings is 1. The number of carbonyl (C=O) groups is 2. The predicted molar refractivity (Wildman–Crippen MR) is 135 cm³/mol. The van der Waals surface area contributed by atoms with Gasteiger partial charge in [0.25, 0.3) is 0 Å². The summed E-state index contributed by atoms with van der Waals surface area (Å²) in [5.74, 6) is -0.774. The third-order valence-corrected chi connectivity index (χ3v) is 7.74. The van der Waals surface area contributed by atoms with Crippen molar-refractivity contribution in [1.29, 1.82) is 0 Å². The van der Waals surface area contributed by atoms with E-state index in [1.807, 2.05) is 36.4 Å². The molecule has 1 saturated heterocycles. The van der Waals surface area contributed by atoms with Gasteiger partial charge in [0, 0.05) is 19.0 Å². The van der Waals surface area contributed by atoms with Crippen molar-refractivity contribution < 1.29 is 19.4 Å². The second-order valence-electron chi connectivity index (χ2n) is 9.72. The number of amides is 1. The molecule has 3 aromatic rings. The molecule has 5 rings (SSSR count). The number of likely N-dealkylation sites (tertiary alicyclic amines) is 1. The SMILES string of the molecule is CCc1ccc(CC2(C(=O)O)CCN(C(=O)OCC3c4ccccc4-c4ccccc43)CC2)cc1. The number of ether oxygens (including phenoxy) is 1. The standard InChI is InChI=1S/C30H31NO4/c1-2-21-11-13-22(14-12-21)19-30(28(32)33)15-17-31(18-16-30)29(34)35-20-27-25-9-5-3-7-23(25)24-8-4-6-10-26(24)27/h3-14,27H,2,15-20H2,1H3,(H,32,33). The van der Waals surface area contributed by atoms with E-state index >= 15 is 0 Å². The molecule has 0 aromatic heterocycles. The third-order valence-electron chi connectivity index (χ3n) is 7.74. The zero-order valence-electron chi connectivity index (χ0n) is 20.1. The van der Waals surface area contributed by atoms with Gasteiger partial charge in [0.1, 0.15) is 6.61 Å². The van der Waals surface area contributed by atoms with Gasteiger partial charge in [0.15, 0.2) is 0 Å². The molecule has 2 aliphatic rings. The molecule has 1 N–H and O–H groups in total. The summed E-state index contributed by atoms with van der Waals surface area (Å²) in [4.78, 5) is 26.9. The molecule has 1 heterocycles. The predicted octanol–water partition coefficient (Wildman–Crippen LogP) is 5.91. The van der Waals surface area contributed by atoms with Crippen LogP contribution in [0.25, 0.3) is 11.1 Å². The zero-order valence-corrected chi connectivity index (χ0v) is 20.1. The number of carboxylic acid groups (broad SMARTS) is 1. The van der Waals surface area contributed by atoms with Crippen LogP contribution < -0.4 is 0 Å². The van der Waals surface area contributed by atoms with Gasteiger partial charge in [0.05, 0.1) is 5.41 Å². The third kappa shape index (κ3) is 4.43. The minimum absolute atomic E-state index is 0.0142. The van der Waals surface area contributed by atoms with Gasteiger partial charge < -0.3 is 14.7 Å². The van der Waals surface area contributed by atoms with Gasteiger partial charge in [-0.05, 0) is 59.1 Å². The Morgan fingerprint density at radius 3 is 1.97 bits per heavy atom. The number of carboxylic acids is 1. The quantitative estimate of drug-likeness (QED) is 0.488. The van der Waals surface area contributed by atoms with E-state index in [1.54, 1.807) is 4.90 Å². The van der Waals surface area contributed by atoms with Crippen LogP contribution in [0, 0.1) is 5.41 Å². The van der Waals surface area contributed by atoms with Crippen LogP contribution >= 0.6 is 0 Å². The molecule has 0 bridgehead atoms. The van der Waals surface area contributed by atoms with E-state index in [2.05, 4.69) is 43.3 Å². The van der Waals surface area contributed by atoms with Gasteiger partial charge in [0.2, 0.25) is 0 Å². The molecule has 5 nitrogen and oxygen atoms in total. The van der Waals surface area contributed by atoms with Gasteiger partial charge >= 0.3 is 12.1 Å². The van der Waals surface area contributed by atoms with Crippen molar-refractivity contribution in [2.45, 2.75) is 38.5 Å². The molecular formula is C30H31NO4. The second kappa shape index (κ2) is 9.57. The van der Waals surface area contributed by atoms with Crippen molar-refractivity contribution >= 4 is 12.1 Å². The Bertz CT molecular complexity index is 1180. The van der Waals surface area contributed by atoms with Crippen LogP contribution in [-0.4, -0.2) is 41.8 Å². The van der Waals surface area contributed by atoms with Crippen LogP contribution in [0.2, 0.25) is 0 Å². The summed E-state index contributed by atoms with van der Waals surface area (Å²) in [6.07, 6.45) is 1.91. The number of aryl methyl sites for hydroxylation is 1. The summed E-state index contributed by atoms with van der Waals surface area (Å²) in [5, 5.41) is 10.1. The number of aliphatic carboxylic acids is 1. The number of benzene rings is 3. The highest BCUT2D eigenvalue weighted by Crippen LogP contribution is 2.44. The highest BCUT2D eigenvalue weighted by molar-refractivity contribution is 5.79. The number of hydrogen-bond donors (Lipinski definition) is 1. The normalized spacial score (nSPS) is 16.4. The fraction of sp³-hybridized carbons (Fsp3) is 0.333. The van der Waals surface area contributed by atoms with Crippen molar-refractivity contribution in [2.75, 3.05) is 19.7 Å². The van der Waals surface area contributed by atoms with E-state index < -0.39 is 11.4 Å². The summed E-state index contributed by atoms with van der Waals surface area (Å²) >= 11 is 0. The van der Waals surface area contributed by atoms with Crippen molar-refractivity contribution in [1.82, 2.24) is 4.90 Å². The Labute approximate surface area is 206 Å². The number of carbonyl (C=O) groups excluding carboxylic acids is 1. The zero-order chi connectivity index (χ0) is 24.4. The maximum atomic E-state index is 12.9. The first-order valence-electron chi connectivity index (χ1n) is 12.4. The Hall–Kier alpha value is -3.60. The molecule has 1 aliphatic carbocycles. The highest BCUT2D eigenvalue weighted by Gasteiger charge is 2.43. The lowest BCUT2D eigenvalue weighted by molar-refractivity contribution is -0.151. The fourth-order valence-electron chi connectivity index (χ4n) is 5.55. The van der Waals surface area contributed by atoms with E-state index in [-0.39, 0.29) is 18.6 Å². The highest BCUT2D eigenvalue weighted by atomic mass is 16.6. The molecule has 0 radical (unpaired) electrons. The molecule has 0 atom stereocenters. The Morgan fingerprint density at radius 2 is 1.43 bits per heavy atom. The van der Waals surface area contributed by atoms with Crippen LogP contribution in [-0.2, 0) is 22.4 Å². The first-order chi connectivity index (χ1) is 17.0. The van der Waals surface area contributed by atoms with E-state index in [0.717, 1.165) is 12.0 Å². The largest absolute Gasteiger partial charge is 0.481 e. The number of nitrogens with zero attached hydrogens (tertiary/aromatic N) is 1. The molecule has 0 spiro atoms. The Balaban J connectivity index is 1.22. The van der Waals surface area contributed by atoms with Crippen LogP contribution in [0.4, 0.5) is 4.79 Å². The lowest BCUT2D eigenvalue weighted by Gasteiger charge is -2.38. The van der Waals surface area contributed by atoms with E-state index in [9.17, 15) is 14.7 Å². The average Bonchev–Trinajstić information content (AvgIpc) is 3.22. The molecule has 1 amide bonds. The monoisotopic (exact) mass is 469 g/mol. The van der Waals surface area contributed by atoms with Crippen molar-refractivity contribution in [3.8, 4) is 11.1 Å². The van der Waals surface area contributed by atoms with Gasteiger partial charge in [-0.1, -0.05) is 79.7 Å². The van der Waals surface area contributed by atoms with Crippen molar-refractivity contribution in [2.24, 2.45) is 5.41 Å². The fourth-order valence-corrected chi connectivity index (χ4v) is 5.55. The topological polar surface area (TPSA) is 66.8 Å². The number of hydrogen-bond acceptors (Lipinski definition) is 3. The molecule has 1 aliphatic heterocycles. The molecule has 1 fully saturated rings. The summed E-state index contributed by atoms with van der Waals surface area (Å²) in [6.45, 7) is 3.15. The van der Waals surface area contributed by atoms with Gasteiger partial charge in [-0.15, -0.1) is 0 Å². The minimum Gasteiger partial charge on any atom is -0.481 e. The van der Waals surface area contributed by atoms with E-state index in [1.165, 1.54) is 27.8 Å². The summed E-state index contributed by atoms with van der Waals surface area (Å²) < 4.78 is 5.79. The summed E-state index contributed by atoms with van der Waals surface area (Å²) in [5.41, 5.74) is 6.16. The van der Waals surface area contributed by atoms with Crippen molar-refractivity contribution in [3.05, 3.63) is 95.1 Å². The average molecular weight is 470 g/mol. The maximum absolute atomic E-state index is 12.9. The van der Waals surface area contributed by atoms with Gasteiger partial charge in [-0.3, -0.25) is 4.79 Å². The van der Waals surface area contributed by atoms with Crippen LogP contribution in [0.5, 0.6) is 0 Å². The molecule has 0 unspecified atom stereocenters. The molecule has 180 valence electrons. The number of rotatable bonds is 6. The number of fused-ring (bicyclic) bond motifs is 3. The smallest absolute Gasteiger partial charge is 0.409 e. The summed E-state index contributed by atoms with van der Waals surface area (Å²) in [6, 6.07) is 24.7.